The lowest BCUT2D eigenvalue weighted by Gasteiger charge is -2.31. The molecule has 0 atom stereocenters. The Kier molecular flexibility index (Phi) is 5.31. The van der Waals surface area contributed by atoms with E-state index in [-0.39, 0.29) is 23.6 Å². The minimum atomic E-state index is -0.505. The second-order valence-electron chi connectivity index (χ2n) is 6.03. The van der Waals surface area contributed by atoms with Gasteiger partial charge in [-0.2, -0.15) is 0 Å². The lowest BCUT2D eigenvalue weighted by atomic mass is 9.96. The summed E-state index contributed by atoms with van der Waals surface area (Å²) in [5.74, 6) is -0.314. The Morgan fingerprint density at radius 1 is 1.43 bits per heavy atom. The highest BCUT2D eigenvalue weighted by Crippen LogP contribution is 2.20. The van der Waals surface area contributed by atoms with Gasteiger partial charge < -0.3 is 10.0 Å². The van der Waals surface area contributed by atoms with Crippen LogP contribution in [0.5, 0.6) is 5.75 Å². The zero-order chi connectivity index (χ0) is 15.4. The molecule has 21 heavy (non-hydrogen) atoms. The highest BCUT2D eigenvalue weighted by Gasteiger charge is 2.20. The van der Waals surface area contributed by atoms with Crippen LogP contribution in [0.1, 0.15) is 23.2 Å². The number of likely N-dealkylation sites (N-methyl/N-ethyl adjacent to an activating group) is 1. The van der Waals surface area contributed by atoms with E-state index in [9.17, 15) is 14.3 Å². The highest BCUT2D eigenvalue weighted by atomic mass is 19.1. The Bertz CT molecular complexity index is 499. The molecule has 0 amide bonds. The van der Waals surface area contributed by atoms with Gasteiger partial charge in [-0.05, 0) is 64.1 Å². The standard InChI is InChI=1S/C16H23FN2O2/c1-18-7-5-12(6-8-18)10-19(2)11-16(21)14-9-13(17)3-4-15(14)20/h3-4,9,12,20H,5-8,10-11H2,1-2H3. The first-order chi connectivity index (χ1) is 9.95. The number of benzene rings is 1. The molecule has 1 N–H and O–H groups in total. The first-order valence-corrected chi connectivity index (χ1v) is 7.34. The smallest absolute Gasteiger partial charge is 0.180 e. The molecule has 0 bridgehead atoms. The molecule has 0 unspecified atom stereocenters. The van der Waals surface area contributed by atoms with Gasteiger partial charge in [0.25, 0.3) is 0 Å². The lowest BCUT2D eigenvalue weighted by molar-refractivity contribution is 0.0921. The molecule has 0 aliphatic carbocycles. The van der Waals surface area contributed by atoms with Gasteiger partial charge in [0.15, 0.2) is 5.78 Å². The number of halogens is 1. The van der Waals surface area contributed by atoms with Crippen molar-refractivity contribution in [3.05, 3.63) is 29.6 Å². The van der Waals surface area contributed by atoms with Gasteiger partial charge >= 0.3 is 0 Å². The van der Waals surface area contributed by atoms with Gasteiger partial charge in [-0.1, -0.05) is 0 Å². The molecular weight excluding hydrogens is 271 g/mol. The monoisotopic (exact) mass is 294 g/mol. The molecule has 116 valence electrons. The Balaban J connectivity index is 1.88. The van der Waals surface area contributed by atoms with Crippen molar-refractivity contribution < 1.29 is 14.3 Å². The molecule has 1 aliphatic rings. The van der Waals surface area contributed by atoms with Crippen molar-refractivity contribution >= 4 is 5.78 Å². The maximum Gasteiger partial charge on any atom is 0.180 e. The summed E-state index contributed by atoms with van der Waals surface area (Å²) >= 11 is 0. The van der Waals surface area contributed by atoms with Crippen LogP contribution in [0.15, 0.2) is 18.2 Å². The Labute approximate surface area is 125 Å². The van der Waals surface area contributed by atoms with Crippen molar-refractivity contribution in [2.75, 3.05) is 40.3 Å². The van der Waals surface area contributed by atoms with Crippen molar-refractivity contribution in [1.82, 2.24) is 9.80 Å². The molecule has 0 saturated carbocycles. The maximum atomic E-state index is 13.2. The zero-order valence-corrected chi connectivity index (χ0v) is 12.7. The van der Waals surface area contributed by atoms with Crippen LogP contribution in [-0.2, 0) is 0 Å². The van der Waals surface area contributed by atoms with Gasteiger partial charge in [0.1, 0.15) is 11.6 Å². The number of phenolic OH excluding ortho intramolecular Hbond substituents is 1. The fraction of sp³-hybridized carbons (Fsp3) is 0.562. The number of hydrogen-bond acceptors (Lipinski definition) is 4. The van der Waals surface area contributed by atoms with Crippen molar-refractivity contribution in [2.45, 2.75) is 12.8 Å². The molecular formula is C16H23FN2O2. The molecule has 0 aromatic heterocycles. The number of phenols is 1. The van der Waals surface area contributed by atoms with E-state index >= 15 is 0 Å². The number of likely N-dealkylation sites (tertiary alicyclic amines) is 1. The van der Waals surface area contributed by atoms with Crippen molar-refractivity contribution in [3.63, 3.8) is 0 Å². The molecule has 0 spiro atoms. The summed E-state index contributed by atoms with van der Waals surface area (Å²) < 4.78 is 13.2. The summed E-state index contributed by atoms with van der Waals surface area (Å²) in [6.07, 6.45) is 2.28. The molecule has 2 rings (SSSR count). The Morgan fingerprint density at radius 3 is 2.76 bits per heavy atom. The van der Waals surface area contributed by atoms with Crippen LogP contribution in [0, 0.1) is 11.7 Å². The van der Waals surface area contributed by atoms with Gasteiger partial charge in [0.05, 0.1) is 12.1 Å². The normalized spacial score (nSPS) is 17.3. The third-order valence-electron chi connectivity index (χ3n) is 4.08. The second-order valence-corrected chi connectivity index (χ2v) is 6.03. The van der Waals surface area contributed by atoms with E-state index in [1.165, 1.54) is 6.07 Å². The third-order valence-corrected chi connectivity index (χ3v) is 4.08. The average molecular weight is 294 g/mol. The topological polar surface area (TPSA) is 43.8 Å². The lowest BCUT2D eigenvalue weighted by Crippen LogP contribution is -2.37. The summed E-state index contributed by atoms with van der Waals surface area (Å²) in [5, 5.41) is 9.66. The van der Waals surface area contributed by atoms with E-state index in [0.29, 0.717) is 5.92 Å². The van der Waals surface area contributed by atoms with E-state index in [4.69, 9.17) is 0 Å². The van der Waals surface area contributed by atoms with E-state index in [0.717, 1.165) is 44.6 Å². The predicted molar refractivity (Wildman–Crippen MR) is 80.1 cm³/mol. The zero-order valence-electron chi connectivity index (χ0n) is 12.7. The van der Waals surface area contributed by atoms with Crippen molar-refractivity contribution in [2.24, 2.45) is 5.92 Å². The summed E-state index contributed by atoms with van der Waals surface area (Å²) in [6, 6.07) is 3.47. The summed E-state index contributed by atoms with van der Waals surface area (Å²) in [7, 11) is 4.02. The molecule has 1 saturated heterocycles. The van der Waals surface area contributed by atoms with Crippen LogP contribution in [0.2, 0.25) is 0 Å². The number of rotatable bonds is 5. The quantitative estimate of drug-likeness (QED) is 0.844. The Morgan fingerprint density at radius 2 is 2.10 bits per heavy atom. The number of carbonyl (C=O) groups excluding carboxylic acids is 1. The minimum absolute atomic E-state index is 0.0604. The van der Waals surface area contributed by atoms with E-state index < -0.39 is 5.82 Å². The van der Waals surface area contributed by atoms with Gasteiger partial charge in [0, 0.05) is 6.54 Å². The first kappa shape index (κ1) is 15.9. The van der Waals surface area contributed by atoms with Crippen LogP contribution >= 0.6 is 0 Å². The fourth-order valence-corrected chi connectivity index (χ4v) is 2.81. The molecule has 5 heteroatoms. The molecule has 0 radical (unpaired) electrons. The van der Waals surface area contributed by atoms with Crippen molar-refractivity contribution in [1.29, 1.82) is 0 Å². The number of Topliss-reactive ketones (excluding diaryl/α,β-unsaturated/α-hetero) is 1. The van der Waals surface area contributed by atoms with Gasteiger partial charge in [-0.3, -0.25) is 9.69 Å². The van der Waals surface area contributed by atoms with Crippen LogP contribution in [0.4, 0.5) is 4.39 Å². The molecule has 1 aromatic carbocycles. The molecule has 1 aromatic rings. The predicted octanol–water partition coefficient (Wildman–Crippen LogP) is 1.99. The molecule has 4 nitrogen and oxygen atoms in total. The van der Waals surface area contributed by atoms with Gasteiger partial charge in [0.2, 0.25) is 0 Å². The third kappa shape index (κ3) is 4.51. The van der Waals surface area contributed by atoms with Gasteiger partial charge in [-0.15, -0.1) is 0 Å². The van der Waals surface area contributed by atoms with Crippen LogP contribution in [-0.4, -0.2) is 61.0 Å². The number of nitrogens with zero attached hydrogens (tertiary/aromatic N) is 2. The van der Waals surface area contributed by atoms with E-state index in [1.54, 1.807) is 0 Å². The Hall–Kier alpha value is -1.46. The molecule has 1 fully saturated rings. The van der Waals surface area contributed by atoms with Gasteiger partial charge in [-0.25, -0.2) is 4.39 Å². The number of ketones is 1. The number of aromatic hydroxyl groups is 1. The summed E-state index contributed by atoms with van der Waals surface area (Å²) in [6.45, 7) is 3.24. The van der Waals surface area contributed by atoms with E-state index in [2.05, 4.69) is 11.9 Å². The fourth-order valence-electron chi connectivity index (χ4n) is 2.81. The summed E-state index contributed by atoms with van der Waals surface area (Å²) in [5.41, 5.74) is 0.0604. The highest BCUT2D eigenvalue weighted by molar-refractivity contribution is 5.99. The molecule has 1 heterocycles. The number of hydrogen-bond donors (Lipinski definition) is 1. The maximum absolute atomic E-state index is 13.2. The number of carbonyl (C=O) groups is 1. The second kappa shape index (κ2) is 7.00. The van der Waals surface area contributed by atoms with Crippen molar-refractivity contribution in [3.8, 4) is 5.75 Å². The SMILES string of the molecule is CN1CCC(CN(C)CC(=O)c2cc(F)ccc2O)CC1. The van der Waals surface area contributed by atoms with Crippen LogP contribution < -0.4 is 0 Å². The van der Waals surface area contributed by atoms with Crippen LogP contribution in [0.3, 0.4) is 0 Å². The minimum Gasteiger partial charge on any atom is -0.507 e. The number of piperidine rings is 1. The molecule has 1 aliphatic heterocycles. The summed E-state index contributed by atoms with van der Waals surface area (Å²) in [4.78, 5) is 16.4. The average Bonchev–Trinajstić information content (AvgIpc) is 2.44. The van der Waals surface area contributed by atoms with Crippen LogP contribution in [0.25, 0.3) is 0 Å². The van der Waals surface area contributed by atoms with E-state index in [1.807, 2.05) is 11.9 Å². The first-order valence-electron chi connectivity index (χ1n) is 7.34. The largest absolute Gasteiger partial charge is 0.507 e.